The van der Waals surface area contributed by atoms with Crippen LogP contribution in [-0.2, 0) is 0 Å². The molecule has 5 nitrogen and oxygen atoms in total. The molecule has 0 aliphatic carbocycles. The molecule has 2 rings (SSSR count). The monoisotopic (exact) mass is 339 g/mol. The highest BCUT2D eigenvalue weighted by atomic mass is 16.2. The normalized spacial score (nSPS) is 10.4. The third-order valence-corrected chi connectivity index (χ3v) is 4.21. The summed E-state index contributed by atoms with van der Waals surface area (Å²) < 4.78 is 0. The quantitative estimate of drug-likeness (QED) is 0.902. The first-order valence-electron chi connectivity index (χ1n) is 8.50. The van der Waals surface area contributed by atoms with Gasteiger partial charge in [-0.05, 0) is 51.8 Å². The molecule has 0 saturated carbocycles. The molecule has 0 bridgehead atoms. The Morgan fingerprint density at radius 2 is 1.52 bits per heavy atom. The van der Waals surface area contributed by atoms with E-state index in [0.717, 1.165) is 22.4 Å². The molecule has 25 heavy (non-hydrogen) atoms. The third kappa shape index (κ3) is 4.24. The molecular weight excluding hydrogens is 314 g/mol. The average molecular weight is 339 g/mol. The number of benzene rings is 1. The maximum atomic E-state index is 12.6. The molecule has 0 saturated heterocycles. The molecule has 5 heteroatoms. The molecule has 0 spiro atoms. The molecule has 0 aliphatic rings. The largest absolute Gasteiger partial charge is 0.339 e. The van der Waals surface area contributed by atoms with Crippen LogP contribution in [0.3, 0.4) is 0 Å². The minimum Gasteiger partial charge on any atom is -0.339 e. The lowest BCUT2D eigenvalue weighted by Crippen LogP contribution is -2.30. The lowest BCUT2D eigenvalue weighted by molar-refractivity contribution is 0.0772. The van der Waals surface area contributed by atoms with Gasteiger partial charge < -0.3 is 10.2 Å². The average Bonchev–Trinajstić information content (AvgIpc) is 2.59. The van der Waals surface area contributed by atoms with Crippen molar-refractivity contribution >= 4 is 17.5 Å². The summed E-state index contributed by atoms with van der Waals surface area (Å²) in [5, 5.41) is 2.94. The topological polar surface area (TPSA) is 62.3 Å². The maximum Gasteiger partial charge on any atom is 0.257 e. The number of hydrogen-bond acceptors (Lipinski definition) is 3. The number of hydrogen-bond donors (Lipinski definition) is 1. The van der Waals surface area contributed by atoms with Crippen molar-refractivity contribution in [3.8, 4) is 0 Å². The highest BCUT2D eigenvalue weighted by Gasteiger charge is 2.16. The number of anilines is 1. The molecule has 2 aromatic rings. The Hall–Kier alpha value is -2.69. The van der Waals surface area contributed by atoms with Crippen molar-refractivity contribution in [2.24, 2.45) is 0 Å². The lowest BCUT2D eigenvalue weighted by atomic mass is 10.0. The van der Waals surface area contributed by atoms with Crippen LogP contribution in [0.4, 0.5) is 5.69 Å². The number of pyridine rings is 1. The first kappa shape index (κ1) is 18.6. The van der Waals surface area contributed by atoms with Gasteiger partial charge in [-0.25, -0.2) is 0 Å². The lowest BCUT2D eigenvalue weighted by Gasteiger charge is -2.18. The fraction of sp³-hybridized carbons (Fsp3) is 0.350. The molecule has 1 aromatic carbocycles. The van der Waals surface area contributed by atoms with Crippen molar-refractivity contribution in [3.05, 3.63) is 58.4 Å². The van der Waals surface area contributed by atoms with Crippen molar-refractivity contribution in [2.45, 2.75) is 34.6 Å². The van der Waals surface area contributed by atoms with Gasteiger partial charge >= 0.3 is 0 Å². The highest BCUT2D eigenvalue weighted by molar-refractivity contribution is 6.06. The highest BCUT2D eigenvalue weighted by Crippen LogP contribution is 2.22. The molecule has 1 aromatic heterocycles. The van der Waals surface area contributed by atoms with Crippen molar-refractivity contribution in [2.75, 3.05) is 18.4 Å². The van der Waals surface area contributed by atoms with Gasteiger partial charge in [-0.15, -0.1) is 0 Å². The van der Waals surface area contributed by atoms with E-state index in [4.69, 9.17) is 0 Å². The Balaban J connectivity index is 2.26. The third-order valence-electron chi connectivity index (χ3n) is 4.21. The standard InChI is InChI=1S/C20H25N3O2/c1-6-23(7-2)20(25)17-10-16(11-21-12-17)19(24)22-18-14(4)8-13(3)9-15(18)5/h8-12H,6-7H2,1-5H3,(H,22,24). The van der Waals surface area contributed by atoms with Crippen LogP contribution >= 0.6 is 0 Å². The first-order chi connectivity index (χ1) is 11.9. The Kier molecular flexibility index (Phi) is 5.91. The molecule has 1 heterocycles. The van der Waals surface area contributed by atoms with Gasteiger partial charge in [-0.1, -0.05) is 17.7 Å². The van der Waals surface area contributed by atoms with Crippen molar-refractivity contribution in [3.63, 3.8) is 0 Å². The molecule has 0 aliphatic heterocycles. The number of nitrogens with zero attached hydrogens (tertiary/aromatic N) is 2. The van der Waals surface area contributed by atoms with E-state index in [2.05, 4.69) is 10.3 Å². The molecule has 0 fully saturated rings. The Morgan fingerprint density at radius 1 is 0.960 bits per heavy atom. The van der Waals surface area contributed by atoms with Crippen molar-refractivity contribution in [1.82, 2.24) is 9.88 Å². The Bertz CT molecular complexity index is 772. The van der Waals surface area contributed by atoms with Gasteiger partial charge in [0.1, 0.15) is 0 Å². The summed E-state index contributed by atoms with van der Waals surface area (Å²) >= 11 is 0. The van der Waals surface area contributed by atoms with E-state index in [9.17, 15) is 9.59 Å². The summed E-state index contributed by atoms with van der Waals surface area (Å²) in [5.41, 5.74) is 4.77. The zero-order chi connectivity index (χ0) is 18.6. The summed E-state index contributed by atoms with van der Waals surface area (Å²) in [6, 6.07) is 5.66. The van der Waals surface area contributed by atoms with Crippen LogP contribution in [-0.4, -0.2) is 34.8 Å². The van der Waals surface area contributed by atoms with E-state index in [1.807, 2.05) is 46.8 Å². The van der Waals surface area contributed by atoms with E-state index >= 15 is 0 Å². The number of aromatic nitrogens is 1. The minimum atomic E-state index is -0.267. The van der Waals surface area contributed by atoms with Crippen LogP contribution in [0.5, 0.6) is 0 Å². The molecule has 2 amide bonds. The molecule has 0 radical (unpaired) electrons. The zero-order valence-corrected chi connectivity index (χ0v) is 15.5. The van der Waals surface area contributed by atoms with Gasteiger partial charge in [-0.3, -0.25) is 14.6 Å². The molecule has 132 valence electrons. The fourth-order valence-corrected chi connectivity index (χ4v) is 2.94. The summed E-state index contributed by atoms with van der Waals surface area (Å²) in [5.74, 6) is -0.383. The molecule has 0 atom stereocenters. The second-order valence-corrected chi connectivity index (χ2v) is 6.17. The van der Waals surface area contributed by atoms with Crippen molar-refractivity contribution < 1.29 is 9.59 Å². The summed E-state index contributed by atoms with van der Waals surface area (Å²) in [7, 11) is 0. The maximum absolute atomic E-state index is 12.6. The SMILES string of the molecule is CCN(CC)C(=O)c1cncc(C(=O)Nc2c(C)cc(C)cc2C)c1. The van der Waals surface area contributed by atoms with Crippen LogP contribution in [0.15, 0.2) is 30.6 Å². The number of carbonyl (C=O) groups excluding carboxylic acids is 2. The summed E-state index contributed by atoms with van der Waals surface area (Å²) in [6.07, 6.45) is 2.98. The van der Waals surface area contributed by atoms with Gasteiger partial charge in [-0.2, -0.15) is 0 Å². The zero-order valence-electron chi connectivity index (χ0n) is 15.5. The molecular formula is C20H25N3O2. The van der Waals surface area contributed by atoms with Gasteiger partial charge in [0, 0.05) is 31.2 Å². The number of rotatable bonds is 5. The predicted octanol–water partition coefficient (Wildman–Crippen LogP) is 3.74. The van der Waals surface area contributed by atoms with Gasteiger partial charge in [0.2, 0.25) is 0 Å². The number of amides is 2. The number of nitrogens with one attached hydrogen (secondary N) is 1. The Morgan fingerprint density at radius 3 is 2.08 bits per heavy atom. The summed E-state index contributed by atoms with van der Waals surface area (Å²) in [4.78, 5) is 30.8. The van der Waals surface area contributed by atoms with Gasteiger partial charge in [0.25, 0.3) is 11.8 Å². The van der Waals surface area contributed by atoms with Crippen LogP contribution in [0, 0.1) is 20.8 Å². The first-order valence-corrected chi connectivity index (χ1v) is 8.50. The Labute approximate surface area is 149 Å². The van der Waals surface area contributed by atoms with E-state index in [-0.39, 0.29) is 11.8 Å². The van der Waals surface area contributed by atoms with Gasteiger partial charge in [0.05, 0.1) is 11.1 Å². The van der Waals surface area contributed by atoms with E-state index < -0.39 is 0 Å². The van der Waals surface area contributed by atoms with Crippen molar-refractivity contribution in [1.29, 1.82) is 0 Å². The minimum absolute atomic E-state index is 0.116. The van der Waals surface area contributed by atoms with Crippen LogP contribution in [0.1, 0.15) is 51.3 Å². The molecule has 0 unspecified atom stereocenters. The predicted molar refractivity (Wildman–Crippen MR) is 100 cm³/mol. The van der Waals surface area contributed by atoms with Gasteiger partial charge in [0.15, 0.2) is 0 Å². The van der Waals surface area contributed by atoms with E-state index in [1.54, 1.807) is 11.0 Å². The van der Waals surface area contributed by atoms with E-state index in [0.29, 0.717) is 24.2 Å². The number of aryl methyl sites for hydroxylation is 3. The van der Waals surface area contributed by atoms with Crippen LogP contribution < -0.4 is 5.32 Å². The van der Waals surface area contributed by atoms with Crippen LogP contribution in [0.2, 0.25) is 0 Å². The van der Waals surface area contributed by atoms with Crippen LogP contribution in [0.25, 0.3) is 0 Å². The second kappa shape index (κ2) is 7.92. The second-order valence-electron chi connectivity index (χ2n) is 6.17. The van der Waals surface area contributed by atoms with E-state index in [1.165, 1.54) is 12.4 Å². The number of carbonyl (C=O) groups is 2. The smallest absolute Gasteiger partial charge is 0.257 e. The molecule has 1 N–H and O–H groups in total. The summed E-state index contributed by atoms with van der Waals surface area (Å²) in [6.45, 7) is 11.0. The fourth-order valence-electron chi connectivity index (χ4n) is 2.94.